The SMILES string of the molecule is C[C@@H](NC(=O)c1nc(-c2cccs2)n(-c2ccccc2)n1)c1cccc(C#N)c1. The van der Waals surface area contributed by atoms with Crippen molar-refractivity contribution in [1.29, 1.82) is 5.26 Å². The van der Waals surface area contributed by atoms with E-state index >= 15 is 0 Å². The molecule has 2 heterocycles. The first-order chi connectivity index (χ1) is 14.2. The van der Waals surface area contributed by atoms with Crippen molar-refractivity contribution >= 4 is 17.2 Å². The van der Waals surface area contributed by atoms with Crippen LogP contribution in [-0.2, 0) is 0 Å². The fourth-order valence-corrected chi connectivity index (χ4v) is 3.64. The van der Waals surface area contributed by atoms with Gasteiger partial charge in [0.1, 0.15) is 0 Å². The molecule has 0 saturated heterocycles. The van der Waals surface area contributed by atoms with Gasteiger partial charge in [0.25, 0.3) is 5.91 Å². The van der Waals surface area contributed by atoms with Crippen LogP contribution in [0.3, 0.4) is 0 Å². The van der Waals surface area contributed by atoms with Gasteiger partial charge in [0.2, 0.25) is 5.82 Å². The van der Waals surface area contributed by atoms with E-state index in [4.69, 9.17) is 5.26 Å². The van der Waals surface area contributed by atoms with Crippen LogP contribution in [0.1, 0.15) is 34.7 Å². The number of carbonyl (C=O) groups is 1. The quantitative estimate of drug-likeness (QED) is 0.540. The number of aromatic nitrogens is 3. The molecule has 2 aromatic heterocycles. The average molecular weight is 399 g/mol. The van der Waals surface area contributed by atoms with Gasteiger partial charge in [-0.05, 0) is 48.2 Å². The Morgan fingerprint density at radius 2 is 1.97 bits per heavy atom. The highest BCUT2D eigenvalue weighted by Crippen LogP contribution is 2.25. The Labute approximate surface area is 172 Å². The van der Waals surface area contributed by atoms with Crippen LogP contribution in [0.2, 0.25) is 0 Å². The highest BCUT2D eigenvalue weighted by molar-refractivity contribution is 7.13. The van der Waals surface area contributed by atoms with Gasteiger partial charge in [-0.1, -0.05) is 36.4 Å². The number of nitrogens with zero attached hydrogens (tertiary/aromatic N) is 4. The summed E-state index contributed by atoms with van der Waals surface area (Å²) in [4.78, 5) is 18.3. The van der Waals surface area contributed by atoms with Crippen molar-refractivity contribution < 1.29 is 4.79 Å². The van der Waals surface area contributed by atoms with Crippen molar-refractivity contribution in [2.75, 3.05) is 0 Å². The van der Waals surface area contributed by atoms with Gasteiger partial charge in [0.15, 0.2) is 5.82 Å². The molecule has 29 heavy (non-hydrogen) atoms. The standard InChI is InChI=1S/C22H17N5OS/c1-15(17-8-5-7-16(13-17)14-23)24-22(28)20-25-21(19-11-6-12-29-19)27(26-20)18-9-3-2-4-10-18/h2-13,15H,1H3,(H,24,28)/t15-/m1/s1. The van der Waals surface area contributed by atoms with Gasteiger partial charge >= 0.3 is 0 Å². The zero-order valence-corrected chi connectivity index (χ0v) is 16.4. The van der Waals surface area contributed by atoms with E-state index in [1.54, 1.807) is 22.9 Å². The molecule has 2 aromatic carbocycles. The molecule has 0 spiro atoms. The first kappa shape index (κ1) is 18.6. The molecule has 1 N–H and O–H groups in total. The van der Waals surface area contributed by atoms with Crippen molar-refractivity contribution in [3.05, 3.63) is 89.1 Å². The Kier molecular flexibility index (Phi) is 5.18. The highest BCUT2D eigenvalue weighted by Gasteiger charge is 2.21. The second kappa shape index (κ2) is 8.09. The van der Waals surface area contributed by atoms with Crippen molar-refractivity contribution in [3.63, 3.8) is 0 Å². The molecule has 0 aliphatic heterocycles. The molecule has 0 radical (unpaired) electrons. The van der Waals surface area contributed by atoms with E-state index in [1.807, 2.05) is 60.8 Å². The van der Waals surface area contributed by atoms with Crippen molar-refractivity contribution in [2.45, 2.75) is 13.0 Å². The lowest BCUT2D eigenvalue weighted by molar-refractivity contribution is 0.0929. The number of hydrogen-bond acceptors (Lipinski definition) is 5. The van der Waals surface area contributed by atoms with E-state index in [1.165, 1.54) is 11.3 Å². The van der Waals surface area contributed by atoms with Gasteiger partial charge in [-0.3, -0.25) is 4.79 Å². The maximum absolute atomic E-state index is 12.8. The first-order valence-electron chi connectivity index (χ1n) is 9.03. The fraction of sp³-hybridized carbons (Fsp3) is 0.0909. The zero-order valence-electron chi connectivity index (χ0n) is 15.6. The highest BCUT2D eigenvalue weighted by atomic mass is 32.1. The molecule has 0 aliphatic rings. The minimum Gasteiger partial charge on any atom is -0.343 e. The summed E-state index contributed by atoms with van der Waals surface area (Å²) in [5, 5.41) is 18.4. The molecule has 1 amide bonds. The molecule has 0 aliphatic carbocycles. The van der Waals surface area contributed by atoms with E-state index in [9.17, 15) is 4.79 Å². The number of carbonyl (C=O) groups excluding carboxylic acids is 1. The molecule has 0 bridgehead atoms. The Bertz CT molecular complexity index is 1180. The van der Waals surface area contributed by atoms with Gasteiger partial charge < -0.3 is 5.32 Å². The number of nitriles is 1. The summed E-state index contributed by atoms with van der Waals surface area (Å²) in [7, 11) is 0. The van der Waals surface area contributed by atoms with E-state index in [-0.39, 0.29) is 17.8 Å². The lowest BCUT2D eigenvalue weighted by Gasteiger charge is -2.13. The van der Waals surface area contributed by atoms with Gasteiger partial charge in [-0.25, -0.2) is 9.67 Å². The van der Waals surface area contributed by atoms with Crippen LogP contribution in [0.25, 0.3) is 16.4 Å². The van der Waals surface area contributed by atoms with E-state index < -0.39 is 0 Å². The van der Waals surface area contributed by atoms with Gasteiger partial charge in [-0.2, -0.15) is 5.26 Å². The van der Waals surface area contributed by atoms with Crippen molar-refractivity contribution in [1.82, 2.24) is 20.1 Å². The zero-order chi connectivity index (χ0) is 20.2. The Hall–Kier alpha value is -3.76. The summed E-state index contributed by atoms with van der Waals surface area (Å²) >= 11 is 1.54. The van der Waals surface area contributed by atoms with Crippen molar-refractivity contribution in [2.24, 2.45) is 0 Å². The molecule has 0 fully saturated rings. The molecule has 142 valence electrons. The van der Waals surface area contributed by atoms with Crippen molar-refractivity contribution in [3.8, 4) is 22.5 Å². The third-order valence-electron chi connectivity index (χ3n) is 4.42. The van der Waals surface area contributed by atoms with Gasteiger partial charge in [0, 0.05) is 0 Å². The maximum Gasteiger partial charge on any atom is 0.291 e. The predicted molar refractivity (Wildman–Crippen MR) is 112 cm³/mol. The molecular formula is C22H17N5OS. The largest absolute Gasteiger partial charge is 0.343 e. The summed E-state index contributed by atoms with van der Waals surface area (Å²) in [6.45, 7) is 1.86. The third-order valence-corrected chi connectivity index (χ3v) is 5.28. The topological polar surface area (TPSA) is 83.6 Å². The minimum absolute atomic E-state index is 0.0977. The molecule has 4 rings (SSSR count). The fourth-order valence-electron chi connectivity index (χ4n) is 2.94. The Balaban J connectivity index is 1.64. The number of para-hydroxylation sites is 1. The molecule has 1 atom stereocenters. The van der Waals surface area contributed by atoms with Gasteiger partial charge in [0.05, 0.1) is 28.2 Å². The number of hydrogen-bond donors (Lipinski definition) is 1. The minimum atomic E-state index is -0.368. The molecule has 0 unspecified atom stereocenters. The van der Waals surface area contributed by atoms with Crippen LogP contribution >= 0.6 is 11.3 Å². The van der Waals surface area contributed by atoms with E-state index in [0.29, 0.717) is 11.4 Å². The van der Waals surface area contributed by atoms with Crippen LogP contribution in [0, 0.1) is 11.3 Å². The first-order valence-corrected chi connectivity index (χ1v) is 9.91. The Morgan fingerprint density at radius 1 is 1.14 bits per heavy atom. The lowest BCUT2D eigenvalue weighted by Crippen LogP contribution is -2.27. The normalized spacial score (nSPS) is 11.6. The Morgan fingerprint density at radius 3 is 2.69 bits per heavy atom. The third kappa shape index (κ3) is 3.93. The van der Waals surface area contributed by atoms with Crippen LogP contribution in [-0.4, -0.2) is 20.7 Å². The second-order valence-corrected chi connectivity index (χ2v) is 7.36. The predicted octanol–water partition coefficient (Wildman–Crippen LogP) is 4.36. The maximum atomic E-state index is 12.8. The number of rotatable bonds is 5. The lowest BCUT2D eigenvalue weighted by atomic mass is 10.1. The summed E-state index contributed by atoms with van der Waals surface area (Å²) in [5.74, 6) is 0.350. The molecule has 7 heteroatoms. The number of benzene rings is 2. The molecular weight excluding hydrogens is 382 g/mol. The van der Waals surface area contributed by atoms with Crippen LogP contribution < -0.4 is 5.32 Å². The number of amides is 1. The summed E-state index contributed by atoms with van der Waals surface area (Å²) in [6.07, 6.45) is 0. The summed E-state index contributed by atoms with van der Waals surface area (Å²) in [6, 6.07) is 22.5. The van der Waals surface area contributed by atoms with Crippen LogP contribution in [0.5, 0.6) is 0 Å². The summed E-state index contributed by atoms with van der Waals surface area (Å²) in [5.41, 5.74) is 2.23. The van der Waals surface area contributed by atoms with E-state index in [0.717, 1.165) is 16.1 Å². The smallest absolute Gasteiger partial charge is 0.291 e. The van der Waals surface area contributed by atoms with E-state index in [2.05, 4.69) is 21.5 Å². The second-order valence-electron chi connectivity index (χ2n) is 6.42. The van der Waals surface area contributed by atoms with Gasteiger partial charge in [-0.15, -0.1) is 16.4 Å². The molecule has 0 saturated carbocycles. The van der Waals surface area contributed by atoms with Crippen LogP contribution in [0.15, 0.2) is 72.1 Å². The molecule has 4 aromatic rings. The average Bonchev–Trinajstić information content (AvgIpc) is 3.44. The summed E-state index contributed by atoms with van der Waals surface area (Å²) < 4.78 is 1.68. The number of nitrogens with one attached hydrogen (secondary N) is 1. The van der Waals surface area contributed by atoms with Crippen LogP contribution in [0.4, 0.5) is 0 Å². The number of thiophene rings is 1. The monoisotopic (exact) mass is 399 g/mol. The molecule has 6 nitrogen and oxygen atoms in total.